The summed E-state index contributed by atoms with van der Waals surface area (Å²) in [5.41, 5.74) is 0.784. The minimum Gasteiger partial charge on any atom is -0.481 e. The third kappa shape index (κ3) is 7.62. The van der Waals surface area contributed by atoms with Gasteiger partial charge < -0.3 is 15.7 Å². The Kier molecular flexibility index (Phi) is 7.86. The third-order valence-electron chi connectivity index (χ3n) is 2.97. The molecule has 0 fully saturated rings. The summed E-state index contributed by atoms with van der Waals surface area (Å²) in [6.45, 7) is 2.25. The summed E-state index contributed by atoms with van der Waals surface area (Å²) in [6.07, 6.45) is 3.41. The first-order chi connectivity index (χ1) is 11.0. The standard InChI is InChI=1S/C16H20N4O3/c1-12-6-5-7-14(20-12)19-11-13(10-17)16(23)18-9-4-2-3-8-15(21)22/h5-7,11H,2-4,8-9H2,1H3,(H,18,23)(H,19,20)(H,21,22)/b13-11-. The van der Waals surface area contributed by atoms with Crippen molar-refractivity contribution in [2.45, 2.75) is 32.6 Å². The number of carboxylic acids is 1. The van der Waals surface area contributed by atoms with Gasteiger partial charge in [-0.05, 0) is 31.9 Å². The normalized spacial score (nSPS) is 10.7. The van der Waals surface area contributed by atoms with Gasteiger partial charge in [0.1, 0.15) is 17.5 Å². The molecule has 23 heavy (non-hydrogen) atoms. The van der Waals surface area contributed by atoms with E-state index in [1.807, 2.05) is 25.1 Å². The molecule has 1 rings (SSSR count). The van der Waals surface area contributed by atoms with E-state index in [0.717, 1.165) is 5.69 Å². The third-order valence-corrected chi connectivity index (χ3v) is 2.97. The van der Waals surface area contributed by atoms with E-state index >= 15 is 0 Å². The van der Waals surface area contributed by atoms with Crippen molar-refractivity contribution in [2.24, 2.45) is 0 Å². The maximum atomic E-state index is 11.8. The molecule has 0 radical (unpaired) electrons. The molecular weight excluding hydrogens is 296 g/mol. The molecule has 1 aromatic heterocycles. The molecule has 0 unspecified atom stereocenters. The van der Waals surface area contributed by atoms with Gasteiger partial charge in [-0.25, -0.2) is 4.98 Å². The van der Waals surface area contributed by atoms with Crippen molar-refractivity contribution in [2.75, 3.05) is 11.9 Å². The fraction of sp³-hybridized carbons (Fsp3) is 0.375. The van der Waals surface area contributed by atoms with Crippen molar-refractivity contribution in [1.29, 1.82) is 5.26 Å². The Bertz CT molecular complexity index is 620. The van der Waals surface area contributed by atoms with E-state index in [1.165, 1.54) is 6.20 Å². The molecule has 1 amide bonds. The first-order valence-electron chi connectivity index (χ1n) is 7.33. The molecule has 122 valence electrons. The van der Waals surface area contributed by atoms with Crippen molar-refractivity contribution in [3.63, 3.8) is 0 Å². The summed E-state index contributed by atoms with van der Waals surface area (Å²) >= 11 is 0. The summed E-state index contributed by atoms with van der Waals surface area (Å²) in [5.74, 6) is -0.732. The average molecular weight is 316 g/mol. The maximum absolute atomic E-state index is 11.8. The predicted octanol–water partition coefficient (Wildman–Crippen LogP) is 1.97. The molecule has 1 aromatic rings. The molecule has 0 saturated heterocycles. The number of unbranched alkanes of at least 4 members (excludes halogenated alkanes) is 2. The van der Waals surface area contributed by atoms with Gasteiger partial charge >= 0.3 is 5.97 Å². The summed E-state index contributed by atoms with van der Waals surface area (Å²) in [4.78, 5) is 26.4. The summed E-state index contributed by atoms with van der Waals surface area (Å²) < 4.78 is 0. The van der Waals surface area contributed by atoms with Crippen LogP contribution in [0, 0.1) is 18.3 Å². The van der Waals surface area contributed by atoms with E-state index in [1.54, 1.807) is 6.07 Å². The highest BCUT2D eigenvalue weighted by atomic mass is 16.4. The topological polar surface area (TPSA) is 115 Å². The van der Waals surface area contributed by atoms with E-state index in [-0.39, 0.29) is 12.0 Å². The Labute approximate surface area is 135 Å². The molecule has 0 spiro atoms. The number of aliphatic carboxylic acids is 1. The van der Waals surface area contributed by atoms with E-state index in [2.05, 4.69) is 15.6 Å². The van der Waals surface area contributed by atoms with Crippen molar-refractivity contribution in [1.82, 2.24) is 10.3 Å². The fourth-order valence-electron chi connectivity index (χ4n) is 1.79. The first kappa shape index (κ1) is 18.2. The Morgan fingerprint density at radius 2 is 2.13 bits per heavy atom. The first-order valence-corrected chi connectivity index (χ1v) is 7.33. The lowest BCUT2D eigenvalue weighted by Gasteiger charge is -2.05. The molecule has 0 atom stereocenters. The highest BCUT2D eigenvalue weighted by Crippen LogP contribution is 2.05. The number of amides is 1. The van der Waals surface area contributed by atoms with E-state index in [4.69, 9.17) is 10.4 Å². The van der Waals surface area contributed by atoms with Gasteiger partial charge in [-0.15, -0.1) is 0 Å². The van der Waals surface area contributed by atoms with Crippen molar-refractivity contribution < 1.29 is 14.7 Å². The van der Waals surface area contributed by atoms with Crippen LogP contribution in [0.2, 0.25) is 0 Å². The van der Waals surface area contributed by atoms with Crippen LogP contribution in [-0.4, -0.2) is 28.5 Å². The zero-order chi connectivity index (χ0) is 17.1. The van der Waals surface area contributed by atoms with E-state index < -0.39 is 11.9 Å². The number of nitrogens with zero attached hydrogens (tertiary/aromatic N) is 2. The van der Waals surface area contributed by atoms with Crippen LogP contribution in [-0.2, 0) is 9.59 Å². The minimum absolute atomic E-state index is 0.0427. The van der Waals surface area contributed by atoms with Crippen LogP contribution in [0.5, 0.6) is 0 Å². The second-order valence-corrected chi connectivity index (χ2v) is 4.94. The van der Waals surface area contributed by atoms with Crippen LogP contribution >= 0.6 is 0 Å². The summed E-state index contributed by atoms with van der Waals surface area (Å²) in [7, 11) is 0. The molecule has 7 heteroatoms. The van der Waals surface area contributed by atoms with E-state index in [0.29, 0.717) is 31.6 Å². The minimum atomic E-state index is -0.820. The van der Waals surface area contributed by atoms with Gasteiger partial charge in [0.2, 0.25) is 0 Å². The number of pyridine rings is 1. The number of carbonyl (C=O) groups is 2. The second-order valence-electron chi connectivity index (χ2n) is 4.94. The molecule has 0 aromatic carbocycles. The molecule has 7 nitrogen and oxygen atoms in total. The number of hydrogen-bond acceptors (Lipinski definition) is 5. The monoisotopic (exact) mass is 316 g/mol. The lowest BCUT2D eigenvalue weighted by atomic mass is 10.2. The van der Waals surface area contributed by atoms with Gasteiger partial charge in [0, 0.05) is 24.9 Å². The van der Waals surface area contributed by atoms with E-state index in [9.17, 15) is 9.59 Å². The number of nitriles is 1. The van der Waals surface area contributed by atoms with Gasteiger partial charge in [-0.3, -0.25) is 9.59 Å². The molecule has 0 bridgehead atoms. The Hall–Kier alpha value is -2.88. The smallest absolute Gasteiger partial charge is 0.303 e. The number of carbonyl (C=O) groups excluding carboxylic acids is 1. The number of aromatic nitrogens is 1. The van der Waals surface area contributed by atoms with Gasteiger partial charge in [-0.1, -0.05) is 12.5 Å². The molecule has 0 aliphatic carbocycles. The maximum Gasteiger partial charge on any atom is 0.303 e. The Balaban J connectivity index is 2.38. The summed E-state index contributed by atoms with van der Waals surface area (Å²) in [6, 6.07) is 7.24. The summed E-state index contributed by atoms with van der Waals surface area (Å²) in [5, 5.41) is 23.0. The highest BCUT2D eigenvalue weighted by Gasteiger charge is 2.08. The Morgan fingerprint density at radius 3 is 2.78 bits per heavy atom. The van der Waals surface area contributed by atoms with Crippen molar-refractivity contribution >= 4 is 17.7 Å². The van der Waals surface area contributed by atoms with Crippen LogP contribution in [0.15, 0.2) is 30.0 Å². The van der Waals surface area contributed by atoms with Crippen LogP contribution < -0.4 is 10.6 Å². The average Bonchev–Trinajstić information content (AvgIpc) is 2.51. The number of aryl methyl sites for hydroxylation is 1. The lowest BCUT2D eigenvalue weighted by Crippen LogP contribution is -2.26. The zero-order valence-electron chi connectivity index (χ0n) is 13.0. The highest BCUT2D eigenvalue weighted by molar-refractivity contribution is 5.97. The van der Waals surface area contributed by atoms with Crippen LogP contribution in [0.3, 0.4) is 0 Å². The molecule has 0 saturated carbocycles. The van der Waals surface area contributed by atoms with Gasteiger partial charge in [0.15, 0.2) is 0 Å². The number of anilines is 1. The fourth-order valence-corrected chi connectivity index (χ4v) is 1.79. The SMILES string of the molecule is Cc1cccc(N/C=C(/C#N)C(=O)NCCCCCC(=O)O)n1. The van der Waals surface area contributed by atoms with Crippen LogP contribution in [0.1, 0.15) is 31.4 Å². The molecule has 3 N–H and O–H groups in total. The largest absolute Gasteiger partial charge is 0.481 e. The van der Waals surface area contributed by atoms with Gasteiger partial charge in [-0.2, -0.15) is 5.26 Å². The number of nitrogens with one attached hydrogen (secondary N) is 2. The second kappa shape index (κ2) is 9.95. The molecule has 0 aliphatic heterocycles. The quantitative estimate of drug-likeness (QED) is 0.364. The molecule has 1 heterocycles. The van der Waals surface area contributed by atoms with Gasteiger partial charge in [0.05, 0.1) is 0 Å². The molecule has 0 aliphatic rings. The zero-order valence-corrected chi connectivity index (χ0v) is 13.0. The lowest BCUT2D eigenvalue weighted by molar-refractivity contribution is -0.137. The van der Waals surface area contributed by atoms with Crippen molar-refractivity contribution in [3.8, 4) is 6.07 Å². The van der Waals surface area contributed by atoms with Crippen LogP contribution in [0.4, 0.5) is 5.82 Å². The number of carboxylic acid groups (broad SMARTS) is 1. The predicted molar refractivity (Wildman–Crippen MR) is 85.4 cm³/mol. The van der Waals surface area contributed by atoms with Gasteiger partial charge in [0.25, 0.3) is 5.91 Å². The molecular formula is C16H20N4O3. The number of rotatable bonds is 9. The number of hydrogen-bond donors (Lipinski definition) is 3. The van der Waals surface area contributed by atoms with Crippen LogP contribution in [0.25, 0.3) is 0 Å². The van der Waals surface area contributed by atoms with Crippen molar-refractivity contribution in [3.05, 3.63) is 35.7 Å². The Morgan fingerprint density at radius 1 is 1.35 bits per heavy atom.